The Morgan fingerprint density at radius 3 is 1.29 bits per heavy atom. The van der Waals surface area contributed by atoms with Gasteiger partial charge in [0.05, 0.1) is 37.5 Å². The minimum absolute atomic E-state index is 0.117. The summed E-state index contributed by atoms with van der Waals surface area (Å²) in [5.74, 6) is 0. The topological polar surface area (TPSA) is 168 Å². The zero-order chi connectivity index (χ0) is 24.8. The second kappa shape index (κ2) is 12.1. The second-order valence-electron chi connectivity index (χ2n) is 8.98. The van der Waals surface area contributed by atoms with E-state index in [1.54, 1.807) is 22.2 Å². The molecule has 0 saturated carbocycles. The molecule has 3 rings (SSSR count). The zero-order valence-electron chi connectivity index (χ0n) is 19.0. The first-order valence-corrected chi connectivity index (χ1v) is 11.5. The lowest BCUT2D eigenvalue weighted by Crippen LogP contribution is -2.60. The highest BCUT2D eigenvalue weighted by Gasteiger charge is 2.40. The van der Waals surface area contributed by atoms with Gasteiger partial charge in [-0.15, -0.1) is 0 Å². The molecule has 0 spiro atoms. The van der Waals surface area contributed by atoms with Gasteiger partial charge in [-0.1, -0.05) is 36.4 Å². The molecular formula is C24H36N2O8. The lowest BCUT2D eigenvalue weighted by atomic mass is 9.94. The number of nitrogens with zero attached hydrogens (tertiary/aromatic N) is 2. The molecule has 0 aromatic heterocycles. The van der Waals surface area contributed by atoms with Gasteiger partial charge in [-0.05, 0) is 36.4 Å². The molecule has 1 aromatic rings. The summed E-state index contributed by atoms with van der Waals surface area (Å²) in [7, 11) is 0. The van der Waals surface area contributed by atoms with Crippen LogP contribution in [0, 0.1) is 0 Å². The van der Waals surface area contributed by atoms with Crippen LogP contribution in [0.4, 0.5) is 0 Å². The number of aliphatic hydroxyl groups excluding tert-OH is 8. The minimum atomic E-state index is -1.28. The van der Waals surface area contributed by atoms with Gasteiger partial charge >= 0.3 is 0 Å². The first kappa shape index (κ1) is 26.6. The van der Waals surface area contributed by atoms with E-state index in [0.29, 0.717) is 12.8 Å². The van der Waals surface area contributed by atoms with Crippen molar-refractivity contribution in [2.24, 2.45) is 0 Å². The van der Waals surface area contributed by atoms with E-state index in [1.807, 2.05) is 36.4 Å². The highest BCUT2D eigenvalue weighted by molar-refractivity contribution is 5.25. The number of aliphatic hydroxyl groups is 8. The largest absolute Gasteiger partial charge is 0.394 e. The summed E-state index contributed by atoms with van der Waals surface area (Å²) < 4.78 is 0. The summed E-state index contributed by atoms with van der Waals surface area (Å²) in [5.41, 5.74) is 2.08. The molecule has 10 heteroatoms. The minimum Gasteiger partial charge on any atom is -0.394 e. The molecule has 2 heterocycles. The fraction of sp³-hybridized carbons (Fsp3) is 0.583. The highest BCUT2D eigenvalue weighted by Crippen LogP contribution is 2.21. The predicted octanol–water partition coefficient (Wildman–Crippen LogP) is -2.68. The predicted molar refractivity (Wildman–Crippen MR) is 123 cm³/mol. The first-order chi connectivity index (χ1) is 16.3. The molecule has 2 saturated heterocycles. The Kier molecular flexibility index (Phi) is 9.46. The van der Waals surface area contributed by atoms with Crippen LogP contribution in [-0.2, 0) is 12.8 Å². The molecule has 2 aliphatic rings. The first-order valence-electron chi connectivity index (χ1n) is 11.5. The van der Waals surface area contributed by atoms with E-state index in [0.717, 1.165) is 11.1 Å². The molecule has 34 heavy (non-hydrogen) atoms. The molecule has 190 valence electrons. The van der Waals surface area contributed by atoms with Crippen molar-refractivity contribution in [3.8, 4) is 0 Å². The number of rotatable bonds is 8. The van der Waals surface area contributed by atoms with Gasteiger partial charge in [0.25, 0.3) is 0 Å². The molecule has 0 amide bonds. The summed E-state index contributed by atoms with van der Waals surface area (Å²) in [4.78, 5) is 3.27. The van der Waals surface area contributed by atoms with Crippen molar-refractivity contribution in [1.82, 2.24) is 9.80 Å². The molecule has 0 aliphatic carbocycles. The van der Waals surface area contributed by atoms with Crippen molar-refractivity contribution in [2.45, 2.75) is 61.5 Å². The standard InChI is InChI=1S/C24H36N2O8/c27-13-17-21(31)23(33)19(29)11-25(17)9-1-3-15-5-7-16(8-6-15)4-2-10-26-12-20(30)24(34)22(32)18(26)14-28/h1-2,5-10,17-24,27-34H,3-4,11-14H2. The lowest BCUT2D eigenvalue weighted by molar-refractivity contribution is -0.133. The van der Waals surface area contributed by atoms with Crippen LogP contribution in [0.1, 0.15) is 11.1 Å². The zero-order valence-corrected chi connectivity index (χ0v) is 19.0. The summed E-state index contributed by atoms with van der Waals surface area (Å²) >= 11 is 0. The average Bonchev–Trinajstić information content (AvgIpc) is 2.82. The summed E-state index contributed by atoms with van der Waals surface area (Å²) in [5, 5.41) is 78.4. The molecule has 8 N–H and O–H groups in total. The maximum Gasteiger partial charge on any atom is 0.110 e. The van der Waals surface area contributed by atoms with E-state index >= 15 is 0 Å². The third-order valence-electron chi connectivity index (χ3n) is 6.62. The van der Waals surface area contributed by atoms with Gasteiger partial charge in [0.1, 0.15) is 24.4 Å². The van der Waals surface area contributed by atoms with Crippen molar-refractivity contribution in [2.75, 3.05) is 26.3 Å². The third kappa shape index (κ3) is 6.15. The van der Waals surface area contributed by atoms with Crippen LogP contribution < -0.4 is 0 Å². The van der Waals surface area contributed by atoms with E-state index in [9.17, 15) is 40.9 Å². The van der Waals surface area contributed by atoms with Crippen LogP contribution >= 0.6 is 0 Å². The Labute approximate surface area is 198 Å². The number of β-amino-alcohol motifs (C(OH)–C–C–N with tert-alkyl or cyclic N) is 2. The second-order valence-corrected chi connectivity index (χ2v) is 8.98. The Hall–Kier alpha value is -2.02. The maximum atomic E-state index is 10.0. The average molecular weight is 481 g/mol. The molecule has 1 aromatic carbocycles. The fourth-order valence-corrected chi connectivity index (χ4v) is 4.45. The maximum absolute atomic E-state index is 10.0. The molecule has 8 atom stereocenters. The monoisotopic (exact) mass is 480 g/mol. The normalized spacial score (nSPS) is 34.9. The summed E-state index contributed by atoms with van der Waals surface area (Å²) in [6, 6.07) is 6.53. The Balaban J connectivity index is 1.52. The molecule has 0 bridgehead atoms. The van der Waals surface area contributed by atoms with Gasteiger partial charge in [0.2, 0.25) is 0 Å². The molecular weight excluding hydrogens is 444 g/mol. The molecule has 2 fully saturated rings. The van der Waals surface area contributed by atoms with Gasteiger partial charge in [0.15, 0.2) is 0 Å². The van der Waals surface area contributed by atoms with Crippen LogP contribution in [0.15, 0.2) is 48.8 Å². The number of piperidine rings is 2. The molecule has 10 nitrogen and oxygen atoms in total. The van der Waals surface area contributed by atoms with Gasteiger partial charge in [-0.25, -0.2) is 0 Å². The lowest BCUT2D eigenvalue weighted by Gasteiger charge is -2.42. The quantitative estimate of drug-likeness (QED) is 0.196. The number of hydrogen-bond donors (Lipinski definition) is 8. The molecule has 0 radical (unpaired) electrons. The molecule has 2 aliphatic heterocycles. The van der Waals surface area contributed by atoms with Gasteiger partial charge < -0.3 is 50.7 Å². The SMILES string of the molecule is OCC1C(O)C(O)C(O)CN1C=CCc1ccc(CC=CN2CC(O)C(O)C(O)C2CO)cc1. The highest BCUT2D eigenvalue weighted by atomic mass is 16.4. The van der Waals surface area contributed by atoms with Crippen LogP contribution in [0.2, 0.25) is 0 Å². The fourth-order valence-electron chi connectivity index (χ4n) is 4.45. The number of allylic oxidation sites excluding steroid dienone is 2. The van der Waals surface area contributed by atoms with E-state index in [2.05, 4.69) is 0 Å². The Morgan fingerprint density at radius 2 is 0.971 bits per heavy atom. The van der Waals surface area contributed by atoms with Crippen molar-refractivity contribution in [3.05, 3.63) is 59.9 Å². The van der Waals surface area contributed by atoms with Crippen molar-refractivity contribution in [3.63, 3.8) is 0 Å². The van der Waals surface area contributed by atoms with Crippen molar-refractivity contribution >= 4 is 0 Å². The van der Waals surface area contributed by atoms with E-state index in [-0.39, 0.29) is 26.3 Å². The van der Waals surface area contributed by atoms with Crippen molar-refractivity contribution < 1.29 is 40.9 Å². The van der Waals surface area contributed by atoms with E-state index in [4.69, 9.17) is 0 Å². The van der Waals surface area contributed by atoms with Gasteiger partial charge in [0, 0.05) is 13.1 Å². The molecule has 8 unspecified atom stereocenters. The summed E-state index contributed by atoms with van der Waals surface area (Å²) in [6.07, 6.45) is 1.14. The number of benzene rings is 1. The number of likely N-dealkylation sites (tertiary alicyclic amines) is 2. The van der Waals surface area contributed by atoms with Crippen LogP contribution in [0.3, 0.4) is 0 Å². The van der Waals surface area contributed by atoms with Gasteiger partial charge in [-0.2, -0.15) is 0 Å². The van der Waals surface area contributed by atoms with Crippen LogP contribution in [0.25, 0.3) is 0 Å². The third-order valence-corrected chi connectivity index (χ3v) is 6.62. The smallest absolute Gasteiger partial charge is 0.110 e. The van der Waals surface area contributed by atoms with Gasteiger partial charge in [-0.3, -0.25) is 0 Å². The summed E-state index contributed by atoms with van der Waals surface area (Å²) in [6.45, 7) is -0.447. The Bertz CT molecular complexity index is 753. The van der Waals surface area contributed by atoms with Crippen LogP contribution in [0.5, 0.6) is 0 Å². The van der Waals surface area contributed by atoms with E-state index in [1.165, 1.54) is 0 Å². The van der Waals surface area contributed by atoms with Crippen molar-refractivity contribution in [1.29, 1.82) is 0 Å². The number of hydrogen-bond acceptors (Lipinski definition) is 10. The van der Waals surface area contributed by atoms with Crippen LogP contribution in [-0.4, -0.2) is 126 Å². The Morgan fingerprint density at radius 1 is 0.618 bits per heavy atom. The van der Waals surface area contributed by atoms with E-state index < -0.39 is 48.7 Å².